The van der Waals surface area contributed by atoms with Crippen LogP contribution in [0.2, 0.25) is 0 Å². The van der Waals surface area contributed by atoms with Gasteiger partial charge in [-0.15, -0.1) is 0 Å². The SMILES string of the molecule is COc1c(CO)c(C)nn1C. The fraction of sp³-hybridized carbons (Fsp3) is 0.571. The summed E-state index contributed by atoms with van der Waals surface area (Å²) in [6.45, 7) is 1.82. The Hall–Kier alpha value is -1.03. The number of ether oxygens (including phenoxy) is 1. The van der Waals surface area contributed by atoms with E-state index in [1.807, 2.05) is 6.92 Å². The highest BCUT2D eigenvalue weighted by atomic mass is 16.5. The van der Waals surface area contributed by atoms with E-state index in [4.69, 9.17) is 9.84 Å². The molecule has 0 radical (unpaired) electrons. The van der Waals surface area contributed by atoms with Gasteiger partial charge in [-0.2, -0.15) is 5.10 Å². The Labute approximate surface area is 65.4 Å². The third kappa shape index (κ3) is 1.21. The average Bonchev–Trinajstić information content (AvgIpc) is 2.24. The topological polar surface area (TPSA) is 47.3 Å². The summed E-state index contributed by atoms with van der Waals surface area (Å²) in [6, 6.07) is 0. The molecule has 0 saturated carbocycles. The molecule has 0 unspecified atom stereocenters. The molecule has 0 saturated heterocycles. The summed E-state index contributed by atoms with van der Waals surface area (Å²) in [5.74, 6) is 0.630. The first-order chi connectivity index (χ1) is 5.20. The zero-order valence-electron chi connectivity index (χ0n) is 6.96. The summed E-state index contributed by atoms with van der Waals surface area (Å²) in [7, 11) is 3.35. The van der Waals surface area contributed by atoms with Crippen LogP contribution in [0.15, 0.2) is 0 Å². The van der Waals surface area contributed by atoms with Crippen molar-refractivity contribution in [3.8, 4) is 5.88 Å². The molecule has 0 fully saturated rings. The van der Waals surface area contributed by atoms with E-state index in [-0.39, 0.29) is 6.61 Å². The standard InChI is InChI=1S/C7H12N2O2/c1-5-6(4-10)7(11-3)9(2)8-5/h10H,4H2,1-3H3. The van der Waals surface area contributed by atoms with Gasteiger partial charge in [-0.05, 0) is 6.92 Å². The maximum atomic E-state index is 8.91. The molecule has 0 atom stereocenters. The van der Waals surface area contributed by atoms with Crippen LogP contribution in [-0.4, -0.2) is 22.0 Å². The molecule has 4 nitrogen and oxygen atoms in total. The van der Waals surface area contributed by atoms with Crippen molar-refractivity contribution in [2.24, 2.45) is 7.05 Å². The van der Waals surface area contributed by atoms with E-state index in [1.165, 1.54) is 0 Å². The Morgan fingerprint density at radius 3 is 2.64 bits per heavy atom. The first-order valence-electron chi connectivity index (χ1n) is 3.38. The molecular formula is C7H12N2O2. The van der Waals surface area contributed by atoms with Gasteiger partial charge in [-0.1, -0.05) is 0 Å². The molecule has 0 aliphatic heterocycles. The van der Waals surface area contributed by atoms with E-state index in [9.17, 15) is 0 Å². The van der Waals surface area contributed by atoms with Crippen molar-refractivity contribution in [1.29, 1.82) is 0 Å². The molecule has 1 aromatic rings. The van der Waals surface area contributed by atoms with Crippen molar-refractivity contribution in [1.82, 2.24) is 9.78 Å². The monoisotopic (exact) mass is 156 g/mol. The van der Waals surface area contributed by atoms with E-state index in [0.717, 1.165) is 11.3 Å². The van der Waals surface area contributed by atoms with Gasteiger partial charge < -0.3 is 9.84 Å². The van der Waals surface area contributed by atoms with E-state index >= 15 is 0 Å². The van der Waals surface area contributed by atoms with Crippen LogP contribution in [0.25, 0.3) is 0 Å². The molecule has 62 valence electrons. The number of hydrogen-bond donors (Lipinski definition) is 1. The molecule has 1 N–H and O–H groups in total. The summed E-state index contributed by atoms with van der Waals surface area (Å²) >= 11 is 0. The van der Waals surface area contributed by atoms with E-state index in [2.05, 4.69) is 5.10 Å². The third-order valence-electron chi connectivity index (χ3n) is 1.64. The summed E-state index contributed by atoms with van der Waals surface area (Å²) in [5, 5.41) is 13.0. The Bertz CT molecular complexity index is 231. The summed E-state index contributed by atoms with van der Waals surface area (Å²) in [6.07, 6.45) is 0. The van der Waals surface area contributed by atoms with Crippen molar-refractivity contribution in [3.05, 3.63) is 11.3 Å². The lowest BCUT2D eigenvalue weighted by atomic mass is 10.3. The first-order valence-corrected chi connectivity index (χ1v) is 3.38. The Kier molecular flexibility index (Phi) is 2.14. The largest absolute Gasteiger partial charge is 0.481 e. The molecule has 0 aliphatic carbocycles. The van der Waals surface area contributed by atoms with Crippen LogP contribution < -0.4 is 4.74 Å². The predicted octanol–water partition coefficient (Wildman–Crippen LogP) is 0.229. The highest BCUT2D eigenvalue weighted by Gasteiger charge is 2.11. The number of rotatable bonds is 2. The minimum atomic E-state index is -0.0250. The molecule has 0 amide bonds. The highest BCUT2D eigenvalue weighted by molar-refractivity contribution is 5.29. The molecule has 0 bridgehead atoms. The number of methoxy groups -OCH3 is 1. The lowest BCUT2D eigenvalue weighted by molar-refractivity contribution is 0.270. The van der Waals surface area contributed by atoms with Gasteiger partial charge in [0.05, 0.1) is 25.0 Å². The average molecular weight is 156 g/mol. The number of aliphatic hydroxyl groups excluding tert-OH is 1. The quantitative estimate of drug-likeness (QED) is 0.666. The van der Waals surface area contributed by atoms with Crippen molar-refractivity contribution < 1.29 is 9.84 Å². The van der Waals surface area contributed by atoms with Crippen molar-refractivity contribution >= 4 is 0 Å². The molecule has 1 heterocycles. The van der Waals surface area contributed by atoms with Gasteiger partial charge in [0.25, 0.3) is 0 Å². The van der Waals surface area contributed by atoms with Crippen LogP contribution in [0.5, 0.6) is 5.88 Å². The highest BCUT2D eigenvalue weighted by Crippen LogP contribution is 2.19. The van der Waals surface area contributed by atoms with Gasteiger partial charge in [-0.25, -0.2) is 4.68 Å². The van der Waals surface area contributed by atoms with E-state index in [0.29, 0.717) is 5.88 Å². The summed E-state index contributed by atoms with van der Waals surface area (Å²) in [4.78, 5) is 0. The maximum absolute atomic E-state index is 8.91. The molecule has 4 heteroatoms. The number of aliphatic hydroxyl groups is 1. The molecule has 0 aromatic carbocycles. The lowest BCUT2D eigenvalue weighted by Crippen LogP contribution is -1.96. The van der Waals surface area contributed by atoms with Crippen LogP contribution in [0.3, 0.4) is 0 Å². The smallest absolute Gasteiger partial charge is 0.217 e. The van der Waals surface area contributed by atoms with Gasteiger partial charge >= 0.3 is 0 Å². The van der Waals surface area contributed by atoms with E-state index in [1.54, 1.807) is 18.8 Å². The van der Waals surface area contributed by atoms with Crippen LogP contribution in [-0.2, 0) is 13.7 Å². The van der Waals surface area contributed by atoms with Gasteiger partial charge in [0.2, 0.25) is 5.88 Å². The molecular weight excluding hydrogens is 144 g/mol. The number of aromatic nitrogens is 2. The molecule has 0 aliphatic rings. The fourth-order valence-electron chi connectivity index (χ4n) is 1.12. The predicted molar refractivity (Wildman–Crippen MR) is 40.4 cm³/mol. The van der Waals surface area contributed by atoms with Crippen LogP contribution in [0.4, 0.5) is 0 Å². The Morgan fingerprint density at radius 2 is 2.27 bits per heavy atom. The number of aryl methyl sites for hydroxylation is 2. The van der Waals surface area contributed by atoms with Gasteiger partial charge in [0.15, 0.2) is 0 Å². The zero-order valence-corrected chi connectivity index (χ0v) is 6.96. The van der Waals surface area contributed by atoms with Crippen LogP contribution in [0, 0.1) is 6.92 Å². The minimum Gasteiger partial charge on any atom is -0.481 e. The maximum Gasteiger partial charge on any atom is 0.217 e. The second-order valence-corrected chi connectivity index (χ2v) is 2.35. The first kappa shape index (κ1) is 8.07. The second kappa shape index (κ2) is 2.92. The van der Waals surface area contributed by atoms with Gasteiger partial charge in [0.1, 0.15) is 0 Å². The summed E-state index contributed by atoms with van der Waals surface area (Å²) < 4.78 is 6.64. The number of nitrogens with zero attached hydrogens (tertiary/aromatic N) is 2. The van der Waals surface area contributed by atoms with Crippen molar-refractivity contribution in [2.45, 2.75) is 13.5 Å². The zero-order chi connectivity index (χ0) is 8.43. The van der Waals surface area contributed by atoms with E-state index < -0.39 is 0 Å². The normalized spacial score (nSPS) is 10.2. The molecule has 11 heavy (non-hydrogen) atoms. The van der Waals surface area contributed by atoms with Crippen LogP contribution >= 0.6 is 0 Å². The molecule has 1 aromatic heterocycles. The molecule has 1 rings (SSSR count). The Morgan fingerprint density at radius 1 is 1.64 bits per heavy atom. The summed E-state index contributed by atoms with van der Waals surface area (Å²) in [5.41, 5.74) is 1.57. The lowest BCUT2D eigenvalue weighted by Gasteiger charge is -2.00. The second-order valence-electron chi connectivity index (χ2n) is 2.35. The van der Waals surface area contributed by atoms with Gasteiger partial charge in [-0.3, -0.25) is 0 Å². The number of hydrogen-bond acceptors (Lipinski definition) is 3. The van der Waals surface area contributed by atoms with Crippen LogP contribution in [0.1, 0.15) is 11.3 Å². The van der Waals surface area contributed by atoms with Gasteiger partial charge in [0, 0.05) is 7.05 Å². The van der Waals surface area contributed by atoms with Crippen molar-refractivity contribution in [2.75, 3.05) is 7.11 Å². The third-order valence-corrected chi connectivity index (χ3v) is 1.64. The molecule has 0 spiro atoms. The minimum absolute atomic E-state index is 0.0250. The fourth-order valence-corrected chi connectivity index (χ4v) is 1.12. The van der Waals surface area contributed by atoms with Crippen molar-refractivity contribution in [3.63, 3.8) is 0 Å². The Balaban J connectivity index is 3.17.